The molecule has 0 saturated carbocycles. The van der Waals surface area contributed by atoms with Crippen LogP contribution in [-0.4, -0.2) is 11.9 Å². The quantitative estimate of drug-likeness (QED) is 0.583. The third-order valence-corrected chi connectivity index (χ3v) is 2.91. The monoisotopic (exact) mass is 295 g/mol. The number of carbonyl (C=O) groups is 1. The van der Waals surface area contributed by atoms with E-state index < -0.39 is 23.2 Å². The Morgan fingerprint density at radius 3 is 2.57 bits per heavy atom. The summed E-state index contributed by atoms with van der Waals surface area (Å²) in [4.78, 5) is 12.0. The van der Waals surface area contributed by atoms with Gasteiger partial charge in [-0.2, -0.15) is 0 Å². The number of rotatable bonds is 5. The van der Waals surface area contributed by atoms with Crippen molar-refractivity contribution in [3.8, 4) is 0 Å². The second-order valence-electron chi connectivity index (χ2n) is 4.62. The van der Waals surface area contributed by atoms with E-state index in [0.29, 0.717) is 12.2 Å². The van der Waals surface area contributed by atoms with Crippen LogP contribution in [-0.2, 0) is 6.42 Å². The lowest BCUT2D eigenvalue weighted by Gasteiger charge is -2.13. The molecule has 0 fully saturated rings. The Kier molecular flexibility index (Phi) is 4.54. The van der Waals surface area contributed by atoms with E-state index in [0.717, 1.165) is 12.1 Å². The van der Waals surface area contributed by atoms with Crippen molar-refractivity contribution >= 4 is 11.6 Å². The largest absolute Gasteiger partial charge is 0.469 e. The first kappa shape index (κ1) is 15.0. The van der Waals surface area contributed by atoms with Gasteiger partial charge in [0.2, 0.25) is 0 Å². The fourth-order valence-corrected chi connectivity index (χ4v) is 1.93. The summed E-state index contributed by atoms with van der Waals surface area (Å²) in [6, 6.07) is 5.12. The van der Waals surface area contributed by atoms with Crippen molar-refractivity contribution in [3.63, 3.8) is 0 Å². The van der Waals surface area contributed by atoms with Crippen LogP contribution >= 0.6 is 0 Å². The predicted molar refractivity (Wildman–Crippen MR) is 73.5 cm³/mol. The van der Waals surface area contributed by atoms with E-state index >= 15 is 0 Å². The lowest BCUT2D eigenvalue weighted by atomic mass is 10.1. The first-order valence-corrected chi connectivity index (χ1v) is 6.30. The van der Waals surface area contributed by atoms with Gasteiger partial charge in [0.1, 0.15) is 11.4 Å². The number of nitrogens with one attached hydrogen (secondary N) is 2. The van der Waals surface area contributed by atoms with Gasteiger partial charge in [-0.15, -0.1) is 0 Å². The first-order valence-electron chi connectivity index (χ1n) is 6.30. The standard InChI is InChI=1S/C14H15F2N3O2/c1-8(5-10-3-2-4-21-10)18-14(20)9-6-11(15)13(19-17)12(16)7-9/h2-4,6-8,19H,5,17H2,1H3,(H,18,20). The normalized spacial score (nSPS) is 12.0. The van der Waals surface area contributed by atoms with Crippen LogP contribution in [0.3, 0.4) is 0 Å². The highest BCUT2D eigenvalue weighted by atomic mass is 19.1. The Morgan fingerprint density at radius 1 is 1.38 bits per heavy atom. The van der Waals surface area contributed by atoms with Crippen molar-refractivity contribution in [1.82, 2.24) is 5.32 Å². The van der Waals surface area contributed by atoms with Crippen molar-refractivity contribution in [2.24, 2.45) is 5.84 Å². The topological polar surface area (TPSA) is 80.3 Å². The Labute approximate surface area is 120 Å². The molecule has 7 heteroatoms. The van der Waals surface area contributed by atoms with Crippen molar-refractivity contribution in [2.75, 3.05) is 5.43 Å². The average Bonchev–Trinajstić information content (AvgIpc) is 2.90. The molecule has 112 valence electrons. The Hall–Kier alpha value is -2.41. The number of anilines is 1. The maximum atomic E-state index is 13.5. The number of hydrogen-bond donors (Lipinski definition) is 3. The van der Waals surface area contributed by atoms with Crippen LogP contribution in [0.2, 0.25) is 0 Å². The van der Waals surface area contributed by atoms with Gasteiger partial charge in [-0.3, -0.25) is 10.6 Å². The number of furan rings is 1. The number of nitrogen functional groups attached to an aromatic ring is 1. The molecule has 0 spiro atoms. The molecule has 0 aliphatic rings. The van der Waals surface area contributed by atoms with Gasteiger partial charge in [0.15, 0.2) is 11.6 Å². The molecule has 1 unspecified atom stereocenters. The van der Waals surface area contributed by atoms with Gasteiger partial charge in [-0.05, 0) is 31.2 Å². The van der Waals surface area contributed by atoms with Gasteiger partial charge in [0.25, 0.3) is 5.91 Å². The number of amides is 1. The van der Waals surface area contributed by atoms with E-state index in [4.69, 9.17) is 10.3 Å². The van der Waals surface area contributed by atoms with Gasteiger partial charge in [0.05, 0.1) is 6.26 Å². The Morgan fingerprint density at radius 2 is 2.05 bits per heavy atom. The van der Waals surface area contributed by atoms with Gasteiger partial charge >= 0.3 is 0 Å². The smallest absolute Gasteiger partial charge is 0.251 e. The second-order valence-corrected chi connectivity index (χ2v) is 4.62. The van der Waals surface area contributed by atoms with Gasteiger partial charge in [-0.25, -0.2) is 8.78 Å². The van der Waals surface area contributed by atoms with Crippen LogP contribution in [0.4, 0.5) is 14.5 Å². The molecule has 0 aliphatic carbocycles. The summed E-state index contributed by atoms with van der Waals surface area (Å²) in [7, 11) is 0. The number of benzene rings is 1. The molecule has 2 aromatic rings. The zero-order chi connectivity index (χ0) is 15.4. The fourth-order valence-electron chi connectivity index (χ4n) is 1.93. The molecular formula is C14H15F2N3O2. The van der Waals surface area contributed by atoms with Crippen molar-refractivity contribution in [3.05, 3.63) is 53.5 Å². The first-order chi connectivity index (χ1) is 10.0. The van der Waals surface area contributed by atoms with Crippen molar-refractivity contribution in [2.45, 2.75) is 19.4 Å². The maximum absolute atomic E-state index is 13.5. The van der Waals surface area contributed by atoms with Crippen LogP contribution in [0.15, 0.2) is 34.9 Å². The molecule has 4 N–H and O–H groups in total. The van der Waals surface area contributed by atoms with E-state index in [9.17, 15) is 13.6 Å². The molecule has 2 rings (SSSR count). The molecule has 0 radical (unpaired) electrons. The Balaban J connectivity index is 2.06. The molecule has 1 aromatic heterocycles. The highest BCUT2D eigenvalue weighted by Gasteiger charge is 2.16. The zero-order valence-corrected chi connectivity index (χ0v) is 11.3. The van der Waals surface area contributed by atoms with Gasteiger partial charge < -0.3 is 15.2 Å². The highest BCUT2D eigenvalue weighted by Crippen LogP contribution is 2.19. The molecule has 0 aliphatic heterocycles. The fraction of sp³-hybridized carbons (Fsp3) is 0.214. The highest BCUT2D eigenvalue weighted by molar-refractivity contribution is 5.94. The molecule has 1 heterocycles. The Bertz CT molecular complexity index is 606. The summed E-state index contributed by atoms with van der Waals surface area (Å²) < 4.78 is 32.2. The molecule has 21 heavy (non-hydrogen) atoms. The SMILES string of the molecule is CC(Cc1ccco1)NC(=O)c1cc(F)c(NN)c(F)c1. The predicted octanol–water partition coefficient (Wildman–Crippen LogP) is 2.20. The van der Waals surface area contributed by atoms with Crippen LogP contribution in [0.1, 0.15) is 23.0 Å². The van der Waals surface area contributed by atoms with Gasteiger partial charge in [0, 0.05) is 18.0 Å². The van der Waals surface area contributed by atoms with Gasteiger partial charge in [-0.1, -0.05) is 0 Å². The average molecular weight is 295 g/mol. The summed E-state index contributed by atoms with van der Waals surface area (Å²) in [5.41, 5.74) is 1.31. The van der Waals surface area contributed by atoms with E-state index in [1.807, 2.05) is 5.43 Å². The lowest BCUT2D eigenvalue weighted by molar-refractivity contribution is 0.0938. The number of carbonyl (C=O) groups excluding carboxylic acids is 1. The van der Waals surface area contributed by atoms with E-state index in [-0.39, 0.29) is 11.6 Å². The summed E-state index contributed by atoms with van der Waals surface area (Å²) in [5, 5.41) is 2.64. The van der Waals surface area contributed by atoms with Crippen LogP contribution in [0, 0.1) is 11.6 Å². The minimum Gasteiger partial charge on any atom is -0.469 e. The molecule has 1 aromatic carbocycles. The molecule has 0 bridgehead atoms. The number of nitrogens with two attached hydrogens (primary N) is 1. The van der Waals surface area contributed by atoms with Crippen molar-refractivity contribution < 1.29 is 18.0 Å². The lowest BCUT2D eigenvalue weighted by Crippen LogP contribution is -2.34. The van der Waals surface area contributed by atoms with Crippen molar-refractivity contribution in [1.29, 1.82) is 0 Å². The number of hydrogen-bond acceptors (Lipinski definition) is 4. The summed E-state index contributed by atoms with van der Waals surface area (Å²) >= 11 is 0. The second kappa shape index (κ2) is 6.36. The minimum absolute atomic E-state index is 0.115. The summed E-state index contributed by atoms with van der Waals surface area (Å²) in [6.07, 6.45) is 2.01. The van der Waals surface area contributed by atoms with E-state index in [1.54, 1.807) is 19.1 Å². The van der Waals surface area contributed by atoms with Crippen LogP contribution in [0.25, 0.3) is 0 Å². The third-order valence-electron chi connectivity index (χ3n) is 2.91. The minimum atomic E-state index is -0.929. The molecule has 5 nitrogen and oxygen atoms in total. The van der Waals surface area contributed by atoms with Crippen LogP contribution in [0.5, 0.6) is 0 Å². The molecule has 1 amide bonds. The molecule has 0 saturated heterocycles. The molecular weight excluding hydrogens is 280 g/mol. The van der Waals surface area contributed by atoms with E-state index in [2.05, 4.69) is 5.32 Å². The summed E-state index contributed by atoms with van der Waals surface area (Å²) in [6.45, 7) is 1.77. The number of hydrazine groups is 1. The third kappa shape index (κ3) is 3.57. The zero-order valence-electron chi connectivity index (χ0n) is 11.3. The molecule has 1 atom stereocenters. The summed E-state index contributed by atoms with van der Waals surface area (Å²) in [5.74, 6) is 3.27. The maximum Gasteiger partial charge on any atom is 0.251 e. The van der Waals surface area contributed by atoms with Crippen LogP contribution < -0.4 is 16.6 Å². The van der Waals surface area contributed by atoms with E-state index in [1.165, 1.54) is 6.26 Å². The number of halogens is 2.